The normalized spacial score (nSPS) is 12.6. The van der Waals surface area contributed by atoms with Crippen LogP contribution in [0.1, 0.15) is 62.9 Å². The minimum absolute atomic E-state index is 0.113. The second-order valence-electron chi connectivity index (χ2n) is 11.3. The lowest BCUT2D eigenvalue weighted by Gasteiger charge is -2.31. The molecule has 4 N–H and O–H groups in total. The molecule has 0 atom stereocenters. The van der Waals surface area contributed by atoms with Crippen LogP contribution in [0, 0.1) is 0 Å². The average Bonchev–Trinajstić information content (AvgIpc) is 3.17. The third-order valence-corrected chi connectivity index (χ3v) is 7.88. The van der Waals surface area contributed by atoms with E-state index in [0.29, 0.717) is 55.8 Å². The van der Waals surface area contributed by atoms with Gasteiger partial charge in [-0.3, -0.25) is 14.9 Å². The smallest absolute Gasteiger partial charge is 0.411 e. The Morgan fingerprint density at radius 3 is 2.12 bits per heavy atom. The van der Waals surface area contributed by atoms with Gasteiger partial charge in [-0.25, -0.2) is 4.79 Å². The molecule has 0 aromatic heterocycles. The molecule has 5 rings (SSSR count). The lowest BCUT2D eigenvalue weighted by molar-refractivity contribution is -0.116. The van der Waals surface area contributed by atoms with Crippen LogP contribution in [-0.2, 0) is 16.1 Å². The highest BCUT2D eigenvalue weighted by Crippen LogP contribution is 2.28. The monoisotopic (exact) mass is 679 g/mol. The lowest BCUT2D eigenvalue weighted by Crippen LogP contribution is -2.39. The molecule has 1 saturated heterocycles. The number of benzene rings is 4. The van der Waals surface area contributed by atoms with Crippen molar-refractivity contribution in [2.75, 3.05) is 43.4 Å². The molecule has 1 heterocycles. The van der Waals surface area contributed by atoms with Gasteiger partial charge >= 0.3 is 6.09 Å². The molecule has 9 nitrogen and oxygen atoms in total. The minimum Gasteiger partial charge on any atom is -0.446 e. The number of carbonyl (C=O) groups excluding carboxylic acids is 3. The maximum absolute atomic E-state index is 12.7. The van der Waals surface area contributed by atoms with Crippen molar-refractivity contribution in [3.63, 3.8) is 0 Å². The number of likely N-dealkylation sites (tertiary alicyclic amines) is 1. The summed E-state index contributed by atoms with van der Waals surface area (Å²) < 4.78 is 5.73. The number of hydrogen-bond acceptors (Lipinski definition) is 6. The van der Waals surface area contributed by atoms with Crippen LogP contribution < -0.4 is 21.3 Å². The summed E-state index contributed by atoms with van der Waals surface area (Å²) in [4.78, 5) is 40.2. The second-order valence-corrected chi connectivity index (χ2v) is 11.3. The second kappa shape index (κ2) is 22.6. The zero-order valence-electron chi connectivity index (χ0n) is 29.9. The van der Waals surface area contributed by atoms with E-state index in [4.69, 9.17) is 4.74 Å². The average molecular weight is 680 g/mol. The quantitative estimate of drug-likeness (QED) is 0.107. The van der Waals surface area contributed by atoms with Gasteiger partial charge < -0.3 is 25.6 Å². The molecule has 0 bridgehead atoms. The zero-order valence-corrected chi connectivity index (χ0v) is 29.9. The van der Waals surface area contributed by atoms with Crippen molar-refractivity contribution in [3.05, 3.63) is 120 Å². The molecular weight excluding hydrogens is 626 g/mol. The maximum atomic E-state index is 12.7. The van der Waals surface area contributed by atoms with Crippen molar-refractivity contribution in [1.29, 1.82) is 0 Å². The molecule has 3 amide bonds. The van der Waals surface area contributed by atoms with Crippen LogP contribution in [0.3, 0.4) is 0 Å². The Balaban J connectivity index is 0.00000163. The molecule has 1 fully saturated rings. The van der Waals surface area contributed by atoms with Crippen LogP contribution in [0.4, 0.5) is 16.2 Å². The first-order chi connectivity index (χ1) is 24.5. The van der Waals surface area contributed by atoms with Gasteiger partial charge in [0.2, 0.25) is 5.91 Å². The summed E-state index contributed by atoms with van der Waals surface area (Å²) in [5.74, 6) is -0.297. The van der Waals surface area contributed by atoms with E-state index in [0.717, 1.165) is 30.8 Å². The zero-order chi connectivity index (χ0) is 36.0. The largest absolute Gasteiger partial charge is 0.446 e. The van der Waals surface area contributed by atoms with Gasteiger partial charge in [0.05, 0.1) is 5.69 Å². The molecular formula is C41H53N5O4. The Kier molecular flexibility index (Phi) is 17.8. The first kappa shape index (κ1) is 39.4. The van der Waals surface area contributed by atoms with E-state index in [-0.39, 0.29) is 17.9 Å². The van der Waals surface area contributed by atoms with Crippen LogP contribution in [0.25, 0.3) is 11.1 Å². The summed E-state index contributed by atoms with van der Waals surface area (Å²) in [6.45, 7) is 12.0. The predicted octanol–water partition coefficient (Wildman–Crippen LogP) is 7.97. The van der Waals surface area contributed by atoms with Crippen molar-refractivity contribution in [1.82, 2.24) is 15.5 Å². The number of para-hydroxylation sites is 1. The number of anilines is 2. The van der Waals surface area contributed by atoms with E-state index in [2.05, 4.69) is 38.3 Å². The fourth-order valence-corrected chi connectivity index (χ4v) is 5.42. The van der Waals surface area contributed by atoms with E-state index in [1.54, 1.807) is 24.3 Å². The molecule has 0 unspecified atom stereocenters. The minimum atomic E-state index is -0.461. The van der Waals surface area contributed by atoms with Crippen molar-refractivity contribution in [2.45, 2.75) is 59.6 Å². The third kappa shape index (κ3) is 13.5. The van der Waals surface area contributed by atoms with E-state index in [9.17, 15) is 14.4 Å². The number of rotatable bonds is 13. The van der Waals surface area contributed by atoms with Crippen molar-refractivity contribution in [2.24, 2.45) is 0 Å². The summed E-state index contributed by atoms with van der Waals surface area (Å²) >= 11 is 0. The highest BCUT2D eigenvalue weighted by molar-refractivity contribution is 5.97. The Hall–Kier alpha value is -4.99. The molecule has 0 spiro atoms. The van der Waals surface area contributed by atoms with Gasteiger partial charge in [-0.2, -0.15) is 0 Å². The first-order valence-corrected chi connectivity index (χ1v) is 17.8. The van der Waals surface area contributed by atoms with Gasteiger partial charge in [-0.1, -0.05) is 113 Å². The SMILES string of the molecule is CC.CC.O=C(CCN1CCC(OC(=O)Nc2ccccc2-c2ccccc2)CC1)Nc1cccc(C(=O)NCCNCc2ccccc2)c1. The van der Waals surface area contributed by atoms with Crippen LogP contribution >= 0.6 is 0 Å². The van der Waals surface area contributed by atoms with Crippen molar-refractivity contribution >= 4 is 29.3 Å². The van der Waals surface area contributed by atoms with Crippen LogP contribution in [-0.4, -0.2) is 61.6 Å². The molecule has 4 aromatic rings. The molecule has 1 aliphatic rings. The molecule has 1 aliphatic heterocycles. The van der Waals surface area contributed by atoms with Crippen LogP contribution in [0.15, 0.2) is 109 Å². The van der Waals surface area contributed by atoms with E-state index < -0.39 is 6.09 Å². The lowest BCUT2D eigenvalue weighted by atomic mass is 10.0. The molecule has 0 aliphatic carbocycles. The van der Waals surface area contributed by atoms with E-state index >= 15 is 0 Å². The fraction of sp³-hybridized carbons (Fsp3) is 0.341. The number of nitrogens with zero attached hydrogens (tertiary/aromatic N) is 1. The number of ether oxygens (including phenoxy) is 1. The number of amides is 3. The summed E-state index contributed by atoms with van der Waals surface area (Å²) in [6, 6.07) is 34.6. The standard InChI is InChI=1S/C37H41N5O4.2C2H6/c43-35(40-31-15-9-14-30(26-31)36(44)39-22-21-38-27-28-10-3-1-4-11-28)20-25-42-23-18-32(19-24-42)46-37(45)41-34-17-8-7-16-33(34)29-12-5-2-6-13-29;2*1-2/h1-17,26,32,38H,18-25,27H2,(H,39,44)(H,40,43)(H,41,45);2*1-2H3. The maximum Gasteiger partial charge on any atom is 0.411 e. The van der Waals surface area contributed by atoms with Gasteiger partial charge in [0, 0.05) is 62.5 Å². The number of nitrogens with one attached hydrogen (secondary N) is 4. The highest BCUT2D eigenvalue weighted by atomic mass is 16.6. The Morgan fingerprint density at radius 2 is 1.40 bits per heavy atom. The summed E-state index contributed by atoms with van der Waals surface area (Å²) in [5, 5.41) is 12.0. The Labute approximate surface area is 297 Å². The van der Waals surface area contributed by atoms with Crippen molar-refractivity contribution < 1.29 is 19.1 Å². The molecule has 9 heteroatoms. The molecule has 0 radical (unpaired) electrons. The highest BCUT2D eigenvalue weighted by Gasteiger charge is 2.23. The topological polar surface area (TPSA) is 112 Å². The number of carbonyl (C=O) groups is 3. The Morgan fingerprint density at radius 1 is 0.740 bits per heavy atom. The summed E-state index contributed by atoms with van der Waals surface area (Å²) in [5.41, 5.74) is 4.94. The fourth-order valence-electron chi connectivity index (χ4n) is 5.42. The van der Waals surface area contributed by atoms with Crippen LogP contribution in [0.2, 0.25) is 0 Å². The predicted molar refractivity (Wildman–Crippen MR) is 204 cm³/mol. The van der Waals surface area contributed by atoms with E-state index in [1.807, 2.05) is 100 Å². The number of hydrogen-bond donors (Lipinski definition) is 4. The van der Waals surface area contributed by atoms with Crippen LogP contribution in [0.5, 0.6) is 0 Å². The van der Waals surface area contributed by atoms with Gasteiger partial charge in [-0.05, 0) is 48.2 Å². The summed E-state index contributed by atoms with van der Waals surface area (Å²) in [7, 11) is 0. The first-order valence-electron chi connectivity index (χ1n) is 17.8. The van der Waals surface area contributed by atoms with Gasteiger partial charge in [0.15, 0.2) is 0 Å². The molecule has 4 aromatic carbocycles. The molecule has 50 heavy (non-hydrogen) atoms. The van der Waals surface area contributed by atoms with Gasteiger partial charge in [-0.15, -0.1) is 0 Å². The van der Waals surface area contributed by atoms with E-state index in [1.165, 1.54) is 5.56 Å². The summed E-state index contributed by atoms with van der Waals surface area (Å²) in [6.07, 6.45) is 1.09. The van der Waals surface area contributed by atoms with Crippen molar-refractivity contribution in [3.8, 4) is 11.1 Å². The third-order valence-electron chi connectivity index (χ3n) is 7.88. The van der Waals surface area contributed by atoms with Gasteiger partial charge in [0.25, 0.3) is 5.91 Å². The Bertz CT molecular complexity index is 1570. The molecule has 0 saturated carbocycles. The number of piperidine rings is 1. The molecule has 266 valence electrons. The van der Waals surface area contributed by atoms with Gasteiger partial charge in [0.1, 0.15) is 6.10 Å².